The summed E-state index contributed by atoms with van der Waals surface area (Å²) in [4.78, 5) is 10.8. The van der Waals surface area contributed by atoms with Crippen LogP contribution in [0.5, 0.6) is 0 Å². The first-order chi connectivity index (χ1) is 8.15. The molecule has 0 spiro atoms. The number of benzene rings is 1. The zero-order valence-corrected chi connectivity index (χ0v) is 11.4. The Balaban J connectivity index is 2.49. The van der Waals surface area contributed by atoms with E-state index in [1.165, 1.54) is 0 Å². The van der Waals surface area contributed by atoms with Crippen LogP contribution in [-0.4, -0.2) is 23.5 Å². The minimum absolute atomic E-state index is 0.213. The number of hydrogen-bond acceptors (Lipinski definition) is 3. The molecule has 94 valence electrons. The summed E-state index contributed by atoms with van der Waals surface area (Å²) in [5, 5.41) is 10.8. The molecule has 0 aliphatic heterocycles. The van der Waals surface area contributed by atoms with Crippen molar-refractivity contribution >= 4 is 21.6 Å². The molecule has 1 rings (SSSR count). The fourth-order valence-corrected chi connectivity index (χ4v) is 2.27. The summed E-state index contributed by atoms with van der Waals surface area (Å²) in [5.74, 6) is 0. The molecule has 0 aliphatic carbocycles. The van der Waals surface area contributed by atoms with E-state index in [1.54, 1.807) is 19.2 Å². The zero-order chi connectivity index (χ0) is 12.7. The van der Waals surface area contributed by atoms with Gasteiger partial charge in [-0.1, -0.05) is 34.1 Å². The average Bonchev–Trinajstić information content (AvgIpc) is 2.30. The zero-order valence-electron chi connectivity index (χ0n) is 9.77. The third-order valence-electron chi connectivity index (χ3n) is 2.50. The van der Waals surface area contributed by atoms with Gasteiger partial charge in [-0.3, -0.25) is 10.1 Å². The van der Waals surface area contributed by atoms with E-state index in [1.807, 2.05) is 12.1 Å². The maximum Gasteiger partial charge on any atom is 0.272 e. The van der Waals surface area contributed by atoms with E-state index in [9.17, 15) is 10.1 Å². The molecule has 1 aromatic rings. The van der Waals surface area contributed by atoms with Crippen molar-refractivity contribution in [2.24, 2.45) is 0 Å². The average molecular weight is 302 g/mol. The molecule has 0 N–H and O–H groups in total. The lowest BCUT2D eigenvalue weighted by Crippen LogP contribution is -2.07. The first kappa shape index (κ1) is 14.1. The minimum atomic E-state index is -0.323. The molecule has 1 unspecified atom stereocenters. The molecule has 0 aromatic heterocycles. The van der Waals surface area contributed by atoms with Gasteiger partial charge >= 0.3 is 0 Å². The summed E-state index contributed by atoms with van der Waals surface area (Å²) < 4.78 is 5.01. The Hall–Kier alpha value is -0.940. The van der Waals surface area contributed by atoms with Crippen LogP contribution in [0.4, 0.5) is 5.69 Å². The van der Waals surface area contributed by atoms with Crippen molar-refractivity contribution < 1.29 is 9.66 Å². The molecular formula is C12H16BrNO3. The van der Waals surface area contributed by atoms with E-state index in [0.29, 0.717) is 11.4 Å². The van der Waals surface area contributed by atoms with E-state index >= 15 is 0 Å². The van der Waals surface area contributed by atoms with Gasteiger partial charge in [0, 0.05) is 23.6 Å². The highest BCUT2D eigenvalue weighted by Crippen LogP contribution is 2.20. The number of nitro benzene ring substituents is 1. The molecule has 0 radical (unpaired) electrons. The van der Waals surface area contributed by atoms with Gasteiger partial charge in [0.05, 0.1) is 11.5 Å². The molecule has 0 heterocycles. The third-order valence-corrected chi connectivity index (χ3v) is 3.22. The first-order valence-corrected chi connectivity index (χ1v) is 6.42. The van der Waals surface area contributed by atoms with Gasteiger partial charge in [0.2, 0.25) is 0 Å². The SMILES string of the molecule is COCC(Br)CCCc1ccccc1[N+](=O)[O-]. The van der Waals surface area contributed by atoms with Crippen LogP contribution in [0.3, 0.4) is 0 Å². The van der Waals surface area contributed by atoms with E-state index < -0.39 is 0 Å². The maximum absolute atomic E-state index is 10.8. The second kappa shape index (κ2) is 7.40. The van der Waals surface area contributed by atoms with Crippen LogP contribution in [0.25, 0.3) is 0 Å². The van der Waals surface area contributed by atoms with Crippen molar-refractivity contribution in [3.8, 4) is 0 Å². The largest absolute Gasteiger partial charge is 0.384 e. The molecular weight excluding hydrogens is 286 g/mol. The number of nitro groups is 1. The van der Waals surface area contributed by atoms with Crippen molar-refractivity contribution in [2.75, 3.05) is 13.7 Å². The van der Waals surface area contributed by atoms with Crippen LogP contribution < -0.4 is 0 Å². The Kier molecular flexibility index (Phi) is 6.15. The smallest absolute Gasteiger partial charge is 0.272 e. The van der Waals surface area contributed by atoms with Crippen LogP contribution >= 0.6 is 15.9 Å². The lowest BCUT2D eigenvalue weighted by molar-refractivity contribution is -0.385. The number of methoxy groups -OCH3 is 1. The van der Waals surface area contributed by atoms with Gasteiger partial charge in [0.1, 0.15) is 0 Å². The monoisotopic (exact) mass is 301 g/mol. The summed E-state index contributed by atoms with van der Waals surface area (Å²) in [6, 6.07) is 6.90. The number of rotatable bonds is 7. The van der Waals surface area contributed by atoms with Crippen LogP contribution in [0.15, 0.2) is 24.3 Å². The quantitative estimate of drug-likeness (QED) is 0.441. The van der Waals surface area contributed by atoms with Gasteiger partial charge in [-0.15, -0.1) is 0 Å². The van der Waals surface area contributed by atoms with Gasteiger partial charge in [-0.05, 0) is 19.3 Å². The molecule has 0 aliphatic rings. The van der Waals surface area contributed by atoms with Crippen LogP contribution in [-0.2, 0) is 11.2 Å². The van der Waals surface area contributed by atoms with E-state index in [-0.39, 0.29) is 10.6 Å². The summed E-state index contributed by atoms with van der Waals surface area (Å²) in [6.07, 6.45) is 2.58. The highest BCUT2D eigenvalue weighted by Gasteiger charge is 2.12. The fourth-order valence-electron chi connectivity index (χ4n) is 1.68. The molecule has 1 atom stereocenters. The van der Waals surface area contributed by atoms with Crippen molar-refractivity contribution in [3.63, 3.8) is 0 Å². The van der Waals surface area contributed by atoms with Crippen LogP contribution in [0.2, 0.25) is 0 Å². The fraction of sp³-hybridized carbons (Fsp3) is 0.500. The Morgan fingerprint density at radius 3 is 2.82 bits per heavy atom. The Labute approximate surface area is 109 Å². The topological polar surface area (TPSA) is 52.4 Å². The second-order valence-corrected chi connectivity index (χ2v) is 5.13. The van der Waals surface area contributed by atoms with E-state index in [4.69, 9.17) is 4.74 Å². The Bertz CT molecular complexity index is 371. The normalized spacial score (nSPS) is 12.4. The number of nitrogens with zero attached hydrogens (tertiary/aromatic N) is 1. The number of ether oxygens (including phenoxy) is 1. The van der Waals surface area contributed by atoms with E-state index in [0.717, 1.165) is 24.8 Å². The molecule has 0 saturated heterocycles. The highest BCUT2D eigenvalue weighted by atomic mass is 79.9. The highest BCUT2D eigenvalue weighted by molar-refractivity contribution is 9.09. The van der Waals surface area contributed by atoms with Crippen molar-refractivity contribution in [1.29, 1.82) is 0 Å². The van der Waals surface area contributed by atoms with Gasteiger partial charge < -0.3 is 4.74 Å². The lowest BCUT2D eigenvalue weighted by Gasteiger charge is -2.08. The molecule has 0 amide bonds. The predicted molar refractivity (Wildman–Crippen MR) is 70.6 cm³/mol. The molecule has 17 heavy (non-hydrogen) atoms. The number of para-hydroxylation sites is 1. The van der Waals surface area contributed by atoms with Gasteiger partial charge in [0.25, 0.3) is 5.69 Å². The molecule has 1 aromatic carbocycles. The van der Waals surface area contributed by atoms with Crippen LogP contribution in [0.1, 0.15) is 18.4 Å². The van der Waals surface area contributed by atoms with Crippen molar-refractivity contribution in [1.82, 2.24) is 0 Å². The van der Waals surface area contributed by atoms with E-state index in [2.05, 4.69) is 15.9 Å². The van der Waals surface area contributed by atoms with Crippen molar-refractivity contribution in [3.05, 3.63) is 39.9 Å². The predicted octanol–water partition coefficient (Wildman–Crippen LogP) is 3.33. The summed E-state index contributed by atoms with van der Waals surface area (Å²) >= 11 is 3.50. The van der Waals surface area contributed by atoms with Gasteiger partial charge in [0.15, 0.2) is 0 Å². The first-order valence-electron chi connectivity index (χ1n) is 5.50. The molecule has 0 saturated carbocycles. The maximum atomic E-state index is 10.8. The number of hydrogen-bond donors (Lipinski definition) is 0. The lowest BCUT2D eigenvalue weighted by atomic mass is 10.1. The molecule has 5 heteroatoms. The van der Waals surface area contributed by atoms with Gasteiger partial charge in [-0.25, -0.2) is 0 Å². The molecule has 0 fully saturated rings. The number of alkyl halides is 1. The van der Waals surface area contributed by atoms with Gasteiger partial charge in [-0.2, -0.15) is 0 Å². The number of aryl methyl sites for hydroxylation is 1. The third kappa shape index (κ3) is 4.83. The standard InChI is InChI=1S/C12H16BrNO3/c1-17-9-11(13)7-4-6-10-5-2-3-8-12(10)14(15)16/h2-3,5,8,11H,4,6-7,9H2,1H3. The minimum Gasteiger partial charge on any atom is -0.384 e. The van der Waals surface area contributed by atoms with Crippen LogP contribution in [0, 0.1) is 10.1 Å². The Morgan fingerprint density at radius 2 is 2.18 bits per heavy atom. The Morgan fingerprint density at radius 1 is 1.47 bits per heavy atom. The summed E-state index contributed by atoms with van der Waals surface area (Å²) in [6.45, 7) is 0.664. The molecule has 4 nitrogen and oxygen atoms in total. The number of halogens is 1. The summed E-state index contributed by atoms with van der Waals surface area (Å²) in [7, 11) is 1.66. The van der Waals surface area contributed by atoms with Crippen molar-refractivity contribution in [2.45, 2.75) is 24.1 Å². The second-order valence-electron chi connectivity index (χ2n) is 3.83. The summed E-state index contributed by atoms with van der Waals surface area (Å²) in [5.41, 5.74) is 1.01. The molecule has 0 bridgehead atoms.